The molecule has 2 amide bonds. The molecule has 1 N–H and O–H groups in total. The van der Waals surface area contributed by atoms with E-state index in [9.17, 15) is 18.0 Å². The number of ether oxygens (including phenoxy) is 1. The van der Waals surface area contributed by atoms with Crippen LogP contribution in [0.5, 0.6) is 5.75 Å². The normalized spacial score (nSPS) is 11.9. The van der Waals surface area contributed by atoms with Crippen LogP contribution < -0.4 is 14.4 Å². The maximum Gasteiger partial charge on any atom is 0.264 e. The van der Waals surface area contributed by atoms with Crippen LogP contribution in [0.4, 0.5) is 5.69 Å². The van der Waals surface area contributed by atoms with E-state index in [0.29, 0.717) is 24.4 Å². The number of nitrogens with one attached hydrogen (secondary N) is 1. The van der Waals surface area contributed by atoms with Crippen molar-refractivity contribution in [2.75, 3.05) is 24.5 Å². The SMILES string of the molecule is CCNC(=O)[C@@H](CC)N(Cc1ccc(OC)cc1)C(=O)CN(c1cc(C)cc(C)c1)S(=O)(=O)c1ccccc1. The Balaban J connectivity index is 2.07. The number of likely N-dealkylation sites (N-methyl/N-ethyl adjacent to an activating group) is 1. The molecule has 0 fully saturated rings. The van der Waals surface area contributed by atoms with E-state index in [2.05, 4.69) is 5.32 Å². The molecule has 0 unspecified atom stereocenters. The molecule has 3 aromatic carbocycles. The van der Waals surface area contributed by atoms with Gasteiger partial charge in [-0.2, -0.15) is 0 Å². The molecule has 0 radical (unpaired) electrons. The second-order valence-corrected chi connectivity index (χ2v) is 11.2. The highest BCUT2D eigenvalue weighted by Gasteiger charge is 2.33. The highest BCUT2D eigenvalue weighted by atomic mass is 32.2. The molecule has 8 nitrogen and oxygen atoms in total. The molecule has 39 heavy (non-hydrogen) atoms. The van der Waals surface area contributed by atoms with Gasteiger partial charge in [0, 0.05) is 13.1 Å². The lowest BCUT2D eigenvalue weighted by atomic mass is 10.1. The van der Waals surface area contributed by atoms with Crippen molar-refractivity contribution in [3.8, 4) is 5.75 Å². The summed E-state index contributed by atoms with van der Waals surface area (Å²) in [6.45, 7) is 7.48. The average Bonchev–Trinajstić information content (AvgIpc) is 2.91. The summed E-state index contributed by atoms with van der Waals surface area (Å²) in [4.78, 5) is 28.6. The zero-order chi connectivity index (χ0) is 28.6. The molecule has 0 aliphatic carbocycles. The van der Waals surface area contributed by atoms with Gasteiger partial charge in [-0.05, 0) is 80.3 Å². The van der Waals surface area contributed by atoms with Crippen LogP contribution in [0.1, 0.15) is 37.0 Å². The molecule has 9 heteroatoms. The Morgan fingerprint density at radius 3 is 2.08 bits per heavy atom. The Hall–Kier alpha value is -3.85. The van der Waals surface area contributed by atoms with Gasteiger partial charge in [-0.15, -0.1) is 0 Å². The third-order valence-electron chi connectivity index (χ3n) is 6.35. The zero-order valence-electron chi connectivity index (χ0n) is 23.2. The second-order valence-electron chi connectivity index (χ2n) is 9.36. The molecule has 0 aliphatic heterocycles. The first-order valence-electron chi connectivity index (χ1n) is 13.0. The maximum absolute atomic E-state index is 14.0. The van der Waals surface area contributed by atoms with Crippen LogP contribution in [0.3, 0.4) is 0 Å². The fourth-order valence-corrected chi connectivity index (χ4v) is 5.90. The summed E-state index contributed by atoms with van der Waals surface area (Å²) >= 11 is 0. The minimum Gasteiger partial charge on any atom is -0.497 e. The Kier molecular flexibility index (Phi) is 10.1. The molecule has 0 aliphatic rings. The largest absolute Gasteiger partial charge is 0.497 e. The lowest BCUT2D eigenvalue weighted by molar-refractivity contribution is -0.140. The number of carbonyl (C=O) groups is 2. The van der Waals surface area contributed by atoms with Crippen LogP contribution in [-0.2, 0) is 26.2 Å². The average molecular weight is 552 g/mol. The van der Waals surface area contributed by atoms with Gasteiger partial charge in [-0.25, -0.2) is 8.42 Å². The predicted octanol–water partition coefficient (Wildman–Crippen LogP) is 4.45. The van der Waals surface area contributed by atoms with Crippen molar-refractivity contribution in [3.05, 3.63) is 89.5 Å². The fourth-order valence-electron chi connectivity index (χ4n) is 4.48. The molecular weight excluding hydrogens is 514 g/mol. The number of sulfonamides is 1. The summed E-state index contributed by atoms with van der Waals surface area (Å²) in [5.41, 5.74) is 2.92. The summed E-state index contributed by atoms with van der Waals surface area (Å²) in [7, 11) is -2.52. The predicted molar refractivity (Wildman–Crippen MR) is 153 cm³/mol. The van der Waals surface area contributed by atoms with Gasteiger partial charge in [0.2, 0.25) is 11.8 Å². The smallest absolute Gasteiger partial charge is 0.264 e. The first kappa shape index (κ1) is 29.7. The van der Waals surface area contributed by atoms with Gasteiger partial charge >= 0.3 is 0 Å². The molecular formula is C30H37N3O5S. The molecule has 0 saturated heterocycles. The van der Waals surface area contributed by atoms with Gasteiger partial charge in [-0.1, -0.05) is 43.3 Å². The van der Waals surface area contributed by atoms with Crippen molar-refractivity contribution in [2.24, 2.45) is 0 Å². The Labute approximate surface area is 231 Å². The van der Waals surface area contributed by atoms with Gasteiger partial charge in [0.05, 0.1) is 17.7 Å². The third-order valence-corrected chi connectivity index (χ3v) is 8.14. The summed E-state index contributed by atoms with van der Waals surface area (Å²) in [6.07, 6.45) is 0.364. The monoisotopic (exact) mass is 551 g/mol. The highest BCUT2D eigenvalue weighted by molar-refractivity contribution is 7.92. The highest BCUT2D eigenvalue weighted by Crippen LogP contribution is 2.27. The van der Waals surface area contributed by atoms with E-state index < -0.39 is 28.5 Å². The summed E-state index contributed by atoms with van der Waals surface area (Å²) in [5.74, 6) is -0.101. The van der Waals surface area contributed by atoms with Gasteiger partial charge in [-0.3, -0.25) is 13.9 Å². The summed E-state index contributed by atoms with van der Waals surface area (Å²) in [5, 5.41) is 2.81. The van der Waals surface area contributed by atoms with Crippen LogP contribution in [0, 0.1) is 13.8 Å². The van der Waals surface area contributed by atoms with Crippen LogP contribution in [0.2, 0.25) is 0 Å². The van der Waals surface area contributed by atoms with Crippen LogP contribution in [0.25, 0.3) is 0 Å². The van der Waals surface area contributed by atoms with E-state index in [1.165, 1.54) is 17.0 Å². The van der Waals surface area contributed by atoms with E-state index in [0.717, 1.165) is 21.0 Å². The quantitative estimate of drug-likeness (QED) is 0.359. The Bertz CT molecular complexity index is 1360. The molecule has 0 bridgehead atoms. The van der Waals surface area contributed by atoms with Gasteiger partial charge in [0.15, 0.2) is 0 Å². The first-order valence-corrected chi connectivity index (χ1v) is 14.4. The topological polar surface area (TPSA) is 96.0 Å². The number of hydrogen-bond donors (Lipinski definition) is 1. The van der Waals surface area contributed by atoms with Crippen LogP contribution >= 0.6 is 0 Å². The number of amides is 2. The number of nitrogens with zero attached hydrogens (tertiary/aromatic N) is 2. The molecule has 208 valence electrons. The number of benzene rings is 3. The van der Waals surface area contributed by atoms with E-state index in [1.807, 2.05) is 45.9 Å². The van der Waals surface area contributed by atoms with Crippen molar-refractivity contribution in [2.45, 2.75) is 51.6 Å². The maximum atomic E-state index is 14.0. The van der Waals surface area contributed by atoms with Gasteiger partial charge < -0.3 is 15.0 Å². The minimum atomic E-state index is -4.09. The standard InChI is InChI=1S/C30H37N3O5S/c1-6-28(30(35)31-7-2)32(20-24-13-15-26(38-5)16-14-24)29(34)21-33(25-18-22(3)17-23(4)19-25)39(36,37)27-11-9-8-10-12-27/h8-19,28H,6-7,20-21H2,1-5H3,(H,31,35)/t28-/m1/s1. The van der Waals surface area contributed by atoms with E-state index >= 15 is 0 Å². The van der Waals surface area contributed by atoms with E-state index in [1.54, 1.807) is 49.6 Å². The number of rotatable bonds is 12. The van der Waals surface area contributed by atoms with Crippen molar-refractivity contribution in [3.63, 3.8) is 0 Å². The number of aryl methyl sites for hydroxylation is 2. The molecule has 3 rings (SSSR count). The number of carbonyl (C=O) groups excluding carboxylic acids is 2. The molecule has 0 aromatic heterocycles. The number of methoxy groups -OCH3 is 1. The lowest BCUT2D eigenvalue weighted by Crippen LogP contribution is -2.52. The Morgan fingerprint density at radius 1 is 0.923 bits per heavy atom. The minimum absolute atomic E-state index is 0.0782. The molecule has 3 aromatic rings. The third kappa shape index (κ3) is 7.38. The molecule has 0 heterocycles. The van der Waals surface area contributed by atoms with Crippen molar-refractivity contribution >= 4 is 27.5 Å². The lowest BCUT2D eigenvalue weighted by Gasteiger charge is -2.33. The zero-order valence-corrected chi connectivity index (χ0v) is 24.0. The van der Waals surface area contributed by atoms with E-state index in [4.69, 9.17) is 4.74 Å². The van der Waals surface area contributed by atoms with Crippen LogP contribution in [-0.4, -0.2) is 51.4 Å². The number of anilines is 1. The van der Waals surface area contributed by atoms with E-state index in [-0.39, 0.29) is 17.3 Å². The van der Waals surface area contributed by atoms with Gasteiger partial charge in [0.1, 0.15) is 18.3 Å². The van der Waals surface area contributed by atoms with Crippen molar-refractivity contribution in [1.29, 1.82) is 0 Å². The van der Waals surface area contributed by atoms with Gasteiger partial charge in [0.25, 0.3) is 10.0 Å². The summed E-state index contributed by atoms with van der Waals surface area (Å²) in [6, 6.07) is 19.9. The summed E-state index contributed by atoms with van der Waals surface area (Å²) < 4.78 is 34.1. The van der Waals surface area contributed by atoms with Crippen molar-refractivity contribution in [1.82, 2.24) is 10.2 Å². The molecule has 0 spiro atoms. The van der Waals surface area contributed by atoms with Crippen molar-refractivity contribution < 1.29 is 22.7 Å². The first-order chi connectivity index (χ1) is 18.6. The molecule has 1 atom stereocenters. The fraction of sp³-hybridized carbons (Fsp3) is 0.333. The van der Waals surface area contributed by atoms with Crippen LogP contribution in [0.15, 0.2) is 77.7 Å². The molecule has 0 saturated carbocycles. The Morgan fingerprint density at radius 2 is 1.54 bits per heavy atom. The number of hydrogen-bond acceptors (Lipinski definition) is 5. The second kappa shape index (κ2) is 13.3.